The molecule has 0 atom stereocenters. The molecule has 0 N–H and O–H groups in total. The summed E-state index contributed by atoms with van der Waals surface area (Å²) >= 11 is 6.11. The maximum Gasteiger partial charge on any atom is 0.160 e. The SMILES string of the molecule is N#Cc1cccc(-c2cncc(-c3cc(-c4cc(Cl)ccc4F)nc4ncccc34)c2)n1. The number of pyridine rings is 4. The maximum absolute atomic E-state index is 14.6. The fraction of sp³-hybridized carbons (Fsp3) is 0. The van der Waals surface area contributed by atoms with E-state index in [0.717, 1.165) is 22.1 Å². The number of rotatable bonds is 3. The van der Waals surface area contributed by atoms with Crippen molar-refractivity contribution in [2.45, 2.75) is 0 Å². The highest BCUT2D eigenvalue weighted by atomic mass is 35.5. The van der Waals surface area contributed by atoms with Crippen LogP contribution in [0.5, 0.6) is 0 Å². The molecule has 0 radical (unpaired) electrons. The normalized spacial score (nSPS) is 10.8. The molecule has 0 saturated heterocycles. The Bertz CT molecular complexity index is 1530. The van der Waals surface area contributed by atoms with Gasteiger partial charge in [0.15, 0.2) is 5.65 Å². The van der Waals surface area contributed by atoms with Gasteiger partial charge in [-0.2, -0.15) is 5.26 Å². The fourth-order valence-corrected chi connectivity index (χ4v) is 3.68. The maximum atomic E-state index is 14.6. The number of nitrogens with zero attached hydrogens (tertiary/aromatic N) is 5. The monoisotopic (exact) mass is 437 g/mol. The topological polar surface area (TPSA) is 75.3 Å². The van der Waals surface area contributed by atoms with E-state index in [0.29, 0.717) is 33.3 Å². The highest BCUT2D eigenvalue weighted by Crippen LogP contribution is 2.34. The van der Waals surface area contributed by atoms with Crippen molar-refractivity contribution in [3.05, 3.63) is 95.8 Å². The van der Waals surface area contributed by atoms with E-state index < -0.39 is 5.82 Å². The molecule has 0 aliphatic carbocycles. The molecule has 7 heteroatoms. The van der Waals surface area contributed by atoms with Crippen LogP contribution in [-0.4, -0.2) is 19.9 Å². The molecular weight excluding hydrogens is 425 g/mol. The lowest BCUT2D eigenvalue weighted by atomic mass is 9.99. The second-order valence-electron chi connectivity index (χ2n) is 7.04. The van der Waals surface area contributed by atoms with Gasteiger partial charge < -0.3 is 0 Å². The molecular formula is C25H13ClFN5. The Morgan fingerprint density at radius 3 is 2.59 bits per heavy atom. The minimum absolute atomic E-state index is 0.291. The van der Waals surface area contributed by atoms with Crippen molar-refractivity contribution in [1.29, 1.82) is 5.26 Å². The van der Waals surface area contributed by atoms with Crippen LogP contribution in [0.15, 0.2) is 79.3 Å². The molecule has 4 heterocycles. The van der Waals surface area contributed by atoms with Crippen LogP contribution in [0.4, 0.5) is 4.39 Å². The summed E-state index contributed by atoms with van der Waals surface area (Å²) < 4.78 is 14.6. The van der Waals surface area contributed by atoms with Gasteiger partial charge in [-0.15, -0.1) is 0 Å². The number of hydrogen-bond donors (Lipinski definition) is 0. The first-order chi connectivity index (χ1) is 15.6. The van der Waals surface area contributed by atoms with Crippen LogP contribution < -0.4 is 0 Å². The molecule has 5 aromatic rings. The number of hydrogen-bond acceptors (Lipinski definition) is 5. The first-order valence-corrected chi connectivity index (χ1v) is 10.0. The van der Waals surface area contributed by atoms with E-state index >= 15 is 0 Å². The minimum Gasteiger partial charge on any atom is -0.263 e. The molecule has 5 nitrogen and oxygen atoms in total. The van der Waals surface area contributed by atoms with Crippen molar-refractivity contribution < 1.29 is 4.39 Å². The smallest absolute Gasteiger partial charge is 0.160 e. The van der Waals surface area contributed by atoms with Gasteiger partial charge >= 0.3 is 0 Å². The van der Waals surface area contributed by atoms with Crippen LogP contribution in [0.1, 0.15) is 5.69 Å². The van der Waals surface area contributed by atoms with E-state index in [2.05, 4.69) is 19.9 Å². The van der Waals surface area contributed by atoms with Gasteiger partial charge in [0, 0.05) is 45.7 Å². The Balaban J connectivity index is 1.72. The Labute approximate surface area is 187 Å². The Morgan fingerprint density at radius 2 is 1.72 bits per heavy atom. The summed E-state index contributed by atoms with van der Waals surface area (Å²) in [4.78, 5) is 17.7. The lowest BCUT2D eigenvalue weighted by Crippen LogP contribution is -1.95. The molecule has 0 amide bonds. The van der Waals surface area contributed by atoms with E-state index in [1.165, 1.54) is 12.1 Å². The minimum atomic E-state index is -0.424. The fourth-order valence-electron chi connectivity index (χ4n) is 3.51. The summed E-state index contributed by atoms with van der Waals surface area (Å²) in [6, 6.07) is 19.1. The molecule has 0 unspecified atom stereocenters. The predicted molar refractivity (Wildman–Crippen MR) is 121 cm³/mol. The van der Waals surface area contributed by atoms with Crippen molar-refractivity contribution >= 4 is 22.6 Å². The number of halogens is 2. The summed E-state index contributed by atoms with van der Waals surface area (Å²) in [6.07, 6.45) is 5.05. The molecule has 4 aromatic heterocycles. The third-order valence-corrected chi connectivity index (χ3v) is 5.23. The predicted octanol–water partition coefficient (Wildman–Crippen LogP) is 6.08. The zero-order valence-corrected chi connectivity index (χ0v) is 17.3. The second kappa shape index (κ2) is 8.14. The molecule has 0 bridgehead atoms. The number of nitriles is 1. The number of aromatic nitrogens is 4. The molecule has 0 saturated carbocycles. The van der Waals surface area contributed by atoms with Crippen molar-refractivity contribution in [3.63, 3.8) is 0 Å². The molecule has 32 heavy (non-hydrogen) atoms. The molecule has 0 fully saturated rings. The molecule has 1 aromatic carbocycles. The summed E-state index contributed by atoms with van der Waals surface area (Å²) in [5.41, 5.74) is 4.48. The summed E-state index contributed by atoms with van der Waals surface area (Å²) in [6.45, 7) is 0. The van der Waals surface area contributed by atoms with Crippen molar-refractivity contribution in [3.8, 4) is 39.7 Å². The molecule has 0 aliphatic rings. The van der Waals surface area contributed by atoms with Crippen LogP contribution in [0, 0.1) is 17.1 Å². The zero-order valence-electron chi connectivity index (χ0n) is 16.5. The lowest BCUT2D eigenvalue weighted by molar-refractivity contribution is 0.631. The van der Waals surface area contributed by atoms with E-state index in [4.69, 9.17) is 16.9 Å². The molecule has 152 valence electrons. The molecule has 0 spiro atoms. The van der Waals surface area contributed by atoms with Crippen LogP contribution in [0.2, 0.25) is 5.02 Å². The van der Waals surface area contributed by atoms with Crippen LogP contribution in [0.25, 0.3) is 44.7 Å². The number of benzene rings is 1. The van der Waals surface area contributed by atoms with E-state index in [9.17, 15) is 4.39 Å². The molecule has 0 aliphatic heterocycles. The van der Waals surface area contributed by atoms with Gasteiger partial charge in [0.25, 0.3) is 0 Å². The van der Waals surface area contributed by atoms with Gasteiger partial charge in [-0.1, -0.05) is 17.7 Å². The third-order valence-electron chi connectivity index (χ3n) is 5.00. The van der Waals surface area contributed by atoms with Crippen molar-refractivity contribution in [1.82, 2.24) is 19.9 Å². The summed E-state index contributed by atoms with van der Waals surface area (Å²) in [5.74, 6) is -0.424. The van der Waals surface area contributed by atoms with Crippen LogP contribution in [-0.2, 0) is 0 Å². The summed E-state index contributed by atoms with van der Waals surface area (Å²) in [7, 11) is 0. The first kappa shape index (κ1) is 19.7. The average molecular weight is 438 g/mol. The van der Waals surface area contributed by atoms with Crippen LogP contribution in [0.3, 0.4) is 0 Å². The summed E-state index contributed by atoms with van der Waals surface area (Å²) in [5, 5.41) is 10.4. The largest absolute Gasteiger partial charge is 0.263 e. The van der Waals surface area contributed by atoms with E-state index in [-0.39, 0.29) is 0 Å². The Kier molecular flexibility index (Phi) is 5.02. The van der Waals surface area contributed by atoms with Crippen molar-refractivity contribution in [2.75, 3.05) is 0 Å². The lowest BCUT2D eigenvalue weighted by Gasteiger charge is -2.11. The Morgan fingerprint density at radius 1 is 0.844 bits per heavy atom. The standard InChI is InChI=1S/C25H13ClFN5/c26-17-6-7-22(27)21(10-17)24-11-20(19-4-2-8-30-25(19)32-24)15-9-16(14-29-13-15)23-5-1-3-18(12-28)31-23/h1-11,13-14H. The van der Waals surface area contributed by atoms with Gasteiger partial charge in [-0.05, 0) is 60.2 Å². The molecule has 5 rings (SSSR count). The van der Waals surface area contributed by atoms with Gasteiger partial charge in [-0.3, -0.25) is 4.98 Å². The number of fused-ring (bicyclic) bond motifs is 1. The van der Waals surface area contributed by atoms with E-state index in [1.54, 1.807) is 42.9 Å². The van der Waals surface area contributed by atoms with E-state index in [1.807, 2.05) is 30.3 Å². The Hall–Kier alpha value is -4.21. The average Bonchev–Trinajstić information content (AvgIpc) is 2.85. The highest BCUT2D eigenvalue weighted by Gasteiger charge is 2.14. The first-order valence-electron chi connectivity index (χ1n) is 9.66. The van der Waals surface area contributed by atoms with Gasteiger partial charge in [-0.25, -0.2) is 19.3 Å². The van der Waals surface area contributed by atoms with Gasteiger partial charge in [0.1, 0.15) is 17.6 Å². The quantitative estimate of drug-likeness (QED) is 0.341. The van der Waals surface area contributed by atoms with Gasteiger partial charge in [0.05, 0.1) is 11.4 Å². The highest BCUT2D eigenvalue weighted by molar-refractivity contribution is 6.30. The third kappa shape index (κ3) is 3.66. The van der Waals surface area contributed by atoms with Crippen molar-refractivity contribution in [2.24, 2.45) is 0 Å². The van der Waals surface area contributed by atoms with Gasteiger partial charge in [0.2, 0.25) is 0 Å². The van der Waals surface area contributed by atoms with Crippen LogP contribution >= 0.6 is 11.6 Å². The second-order valence-corrected chi connectivity index (χ2v) is 7.47. The zero-order chi connectivity index (χ0) is 22.1.